The first-order valence-corrected chi connectivity index (χ1v) is 7.96. The van der Waals surface area contributed by atoms with Crippen molar-refractivity contribution in [3.05, 3.63) is 34.6 Å². The summed E-state index contributed by atoms with van der Waals surface area (Å²) in [6, 6.07) is 6.35. The van der Waals surface area contributed by atoms with Gasteiger partial charge in [-0.3, -0.25) is 4.90 Å². The van der Waals surface area contributed by atoms with Crippen molar-refractivity contribution >= 4 is 11.6 Å². The van der Waals surface area contributed by atoms with Gasteiger partial charge in [0.1, 0.15) is 5.82 Å². The van der Waals surface area contributed by atoms with E-state index >= 15 is 0 Å². The molecule has 2 unspecified atom stereocenters. The molecular formula is C16H22ClFN2. The molecule has 0 aromatic heterocycles. The van der Waals surface area contributed by atoms with Crippen LogP contribution in [0.5, 0.6) is 0 Å². The van der Waals surface area contributed by atoms with Crippen LogP contribution in [0.4, 0.5) is 4.39 Å². The topological polar surface area (TPSA) is 15.3 Å². The van der Waals surface area contributed by atoms with Crippen LogP contribution in [0.15, 0.2) is 18.2 Å². The van der Waals surface area contributed by atoms with Crippen LogP contribution < -0.4 is 5.32 Å². The van der Waals surface area contributed by atoms with E-state index in [0.717, 1.165) is 37.5 Å². The van der Waals surface area contributed by atoms with Gasteiger partial charge in [-0.2, -0.15) is 0 Å². The Bertz CT molecular complexity index is 476. The third kappa shape index (κ3) is 3.16. The minimum absolute atomic E-state index is 0.208. The Morgan fingerprint density at radius 2 is 2.20 bits per heavy atom. The van der Waals surface area contributed by atoms with Gasteiger partial charge in [0.2, 0.25) is 0 Å². The molecule has 3 rings (SSSR count). The number of hydrogen-bond acceptors (Lipinski definition) is 2. The first-order valence-electron chi connectivity index (χ1n) is 7.58. The molecule has 2 fully saturated rings. The summed E-state index contributed by atoms with van der Waals surface area (Å²) in [4.78, 5) is 2.53. The minimum atomic E-state index is -0.311. The predicted molar refractivity (Wildman–Crippen MR) is 80.4 cm³/mol. The second-order valence-electron chi connectivity index (χ2n) is 6.10. The Kier molecular flexibility index (Phi) is 4.29. The molecule has 1 N–H and O–H groups in total. The maximum Gasteiger partial charge on any atom is 0.142 e. The minimum Gasteiger partial charge on any atom is -0.311 e. The molecule has 0 spiro atoms. The van der Waals surface area contributed by atoms with E-state index in [9.17, 15) is 4.39 Å². The lowest BCUT2D eigenvalue weighted by Crippen LogP contribution is -2.56. The van der Waals surface area contributed by atoms with Crippen LogP contribution in [0.1, 0.15) is 31.7 Å². The van der Waals surface area contributed by atoms with Crippen molar-refractivity contribution in [1.29, 1.82) is 0 Å². The van der Waals surface area contributed by atoms with Crippen molar-refractivity contribution in [3.63, 3.8) is 0 Å². The maximum atomic E-state index is 13.6. The van der Waals surface area contributed by atoms with E-state index in [2.05, 4.69) is 17.1 Å². The van der Waals surface area contributed by atoms with Gasteiger partial charge in [0.15, 0.2) is 0 Å². The highest BCUT2D eigenvalue weighted by Gasteiger charge is 2.38. The first-order chi connectivity index (χ1) is 9.67. The number of nitrogens with zero attached hydrogens (tertiary/aromatic N) is 1. The van der Waals surface area contributed by atoms with E-state index in [1.165, 1.54) is 12.8 Å². The molecular weight excluding hydrogens is 275 g/mol. The summed E-state index contributed by atoms with van der Waals surface area (Å²) in [5.41, 5.74) is 1.02. The van der Waals surface area contributed by atoms with Gasteiger partial charge in [0, 0.05) is 31.7 Å². The largest absolute Gasteiger partial charge is 0.311 e. The Hall–Kier alpha value is -0.640. The van der Waals surface area contributed by atoms with Crippen molar-refractivity contribution in [2.45, 2.75) is 44.8 Å². The van der Waals surface area contributed by atoms with Crippen LogP contribution in [0.2, 0.25) is 5.02 Å². The second-order valence-corrected chi connectivity index (χ2v) is 6.50. The van der Waals surface area contributed by atoms with Crippen LogP contribution in [0.25, 0.3) is 0 Å². The maximum absolute atomic E-state index is 13.6. The Morgan fingerprint density at radius 3 is 2.85 bits per heavy atom. The molecule has 1 heterocycles. The molecule has 1 aromatic carbocycles. The summed E-state index contributed by atoms with van der Waals surface area (Å²) in [6.45, 7) is 5.17. The monoisotopic (exact) mass is 296 g/mol. The zero-order chi connectivity index (χ0) is 14.1. The third-order valence-electron chi connectivity index (χ3n) is 4.57. The quantitative estimate of drug-likeness (QED) is 0.915. The van der Waals surface area contributed by atoms with Gasteiger partial charge in [-0.25, -0.2) is 4.39 Å². The predicted octanol–water partition coefficient (Wildman–Crippen LogP) is 3.44. The number of nitrogens with one attached hydrogen (secondary N) is 1. The van der Waals surface area contributed by atoms with Gasteiger partial charge in [-0.05, 0) is 42.9 Å². The Balaban J connectivity index is 1.72. The molecule has 20 heavy (non-hydrogen) atoms. The molecule has 110 valence electrons. The smallest absolute Gasteiger partial charge is 0.142 e. The van der Waals surface area contributed by atoms with Crippen LogP contribution in [0.3, 0.4) is 0 Å². The zero-order valence-corrected chi connectivity index (χ0v) is 12.7. The lowest BCUT2D eigenvalue weighted by molar-refractivity contribution is 0.106. The number of rotatable bonds is 4. The van der Waals surface area contributed by atoms with E-state index in [-0.39, 0.29) is 10.8 Å². The molecule has 0 radical (unpaired) electrons. The molecule has 1 saturated heterocycles. The van der Waals surface area contributed by atoms with Crippen molar-refractivity contribution in [3.8, 4) is 0 Å². The highest BCUT2D eigenvalue weighted by atomic mass is 35.5. The molecule has 0 amide bonds. The summed E-state index contributed by atoms with van der Waals surface area (Å²) in [5.74, 6) is 0.520. The molecule has 1 aromatic rings. The average Bonchev–Trinajstić information content (AvgIpc) is 3.27. The molecule has 1 aliphatic heterocycles. The van der Waals surface area contributed by atoms with Gasteiger partial charge < -0.3 is 5.32 Å². The van der Waals surface area contributed by atoms with Gasteiger partial charge in [0.25, 0.3) is 0 Å². The van der Waals surface area contributed by atoms with E-state index in [4.69, 9.17) is 11.6 Å². The van der Waals surface area contributed by atoms with Gasteiger partial charge in [-0.15, -0.1) is 0 Å². The lowest BCUT2D eigenvalue weighted by Gasteiger charge is -2.40. The molecule has 4 heteroatoms. The highest BCUT2D eigenvalue weighted by molar-refractivity contribution is 6.30. The van der Waals surface area contributed by atoms with Crippen molar-refractivity contribution in [2.75, 3.05) is 13.1 Å². The molecule has 1 saturated carbocycles. The van der Waals surface area contributed by atoms with Crippen LogP contribution in [-0.4, -0.2) is 30.1 Å². The molecule has 2 aliphatic rings. The van der Waals surface area contributed by atoms with E-state index in [1.807, 2.05) is 6.07 Å². The second kappa shape index (κ2) is 6.00. The van der Waals surface area contributed by atoms with Crippen LogP contribution in [0, 0.1) is 11.7 Å². The van der Waals surface area contributed by atoms with Gasteiger partial charge in [0.05, 0.1) is 5.02 Å². The number of halogens is 2. The van der Waals surface area contributed by atoms with Crippen LogP contribution >= 0.6 is 11.6 Å². The summed E-state index contributed by atoms with van der Waals surface area (Å²) in [5, 5.41) is 3.85. The summed E-state index contributed by atoms with van der Waals surface area (Å²) >= 11 is 5.76. The number of hydrogen-bond donors (Lipinski definition) is 1. The molecule has 2 nitrogen and oxygen atoms in total. The van der Waals surface area contributed by atoms with Crippen LogP contribution in [-0.2, 0) is 6.54 Å². The first kappa shape index (κ1) is 14.3. The van der Waals surface area contributed by atoms with E-state index in [0.29, 0.717) is 12.1 Å². The van der Waals surface area contributed by atoms with E-state index in [1.54, 1.807) is 12.1 Å². The fourth-order valence-corrected chi connectivity index (χ4v) is 3.29. The fourth-order valence-electron chi connectivity index (χ4n) is 3.17. The number of benzene rings is 1. The van der Waals surface area contributed by atoms with Gasteiger partial charge >= 0.3 is 0 Å². The van der Waals surface area contributed by atoms with Gasteiger partial charge in [-0.1, -0.05) is 24.6 Å². The summed E-state index contributed by atoms with van der Waals surface area (Å²) in [7, 11) is 0. The summed E-state index contributed by atoms with van der Waals surface area (Å²) < 4.78 is 13.6. The van der Waals surface area contributed by atoms with Crippen molar-refractivity contribution in [1.82, 2.24) is 10.2 Å². The number of piperazine rings is 1. The van der Waals surface area contributed by atoms with Crippen molar-refractivity contribution in [2.24, 2.45) is 5.92 Å². The van der Waals surface area contributed by atoms with Crippen molar-refractivity contribution < 1.29 is 4.39 Å². The normalized spacial score (nSPS) is 27.8. The molecule has 2 atom stereocenters. The standard InChI is InChI=1S/C16H22ClFN2/c1-2-13-10-20(16(8-19-13)12-4-5-12)9-11-3-6-14(17)15(18)7-11/h3,6-7,12-13,16,19H,2,4-5,8-10H2,1H3. The fraction of sp³-hybridized carbons (Fsp3) is 0.625. The lowest BCUT2D eigenvalue weighted by atomic mass is 10.0. The summed E-state index contributed by atoms with van der Waals surface area (Å²) in [6.07, 6.45) is 3.83. The highest BCUT2D eigenvalue weighted by Crippen LogP contribution is 2.37. The van der Waals surface area contributed by atoms with E-state index < -0.39 is 0 Å². The Labute approximate surface area is 125 Å². The zero-order valence-electron chi connectivity index (χ0n) is 11.9. The Morgan fingerprint density at radius 1 is 1.40 bits per heavy atom. The SMILES string of the molecule is CCC1CN(Cc2ccc(Cl)c(F)c2)C(C2CC2)CN1. The molecule has 0 bridgehead atoms. The molecule has 1 aliphatic carbocycles. The average molecular weight is 297 g/mol. The third-order valence-corrected chi connectivity index (χ3v) is 4.87.